The fourth-order valence-corrected chi connectivity index (χ4v) is 1.48. The molecule has 18 heavy (non-hydrogen) atoms. The van der Waals surface area contributed by atoms with Crippen molar-refractivity contribution in [1.29, 1.82) is 0 Å². The summed E-state index contributed by atoms with van der Waals surface area (Å²) in [5, 5.41) is 12.4. The lowest BCUT2D eigenvalue weighted by atomic mass is 10.1. The van der Waals surface area contributed by atoms with Gasteiger partial charge in [-0.2, -0.15) is 13.2 Å². The van der Waals surface area contributed by atoms with Crippen LogP contribution < -0.4 is 5.32 Å². The molecule has 0 saturated heterocycles. The Kier molecular flexibility index (Phi) is 5.55. The van der Waals surface area contributed by atoms with E-state index < -0.39 is 24.5 Å². The van der Waals surface area contributed by atoms with Gasteiger partial charge in [0.25, 0.3) is 0 Å². The lowest BCUT2D eigenvalue weighted by Gasteiger charge is -2.12. The second-order valence-electron chi connectivity index (χ2n) is 3.99. The largest absolute Gasteiger partial charge is 0.389 e. The van der Waals surface area contributed by atoms with E-state index in [1.807, 2.05) is 0 Å². The highest BCUT2D eigenvalue weighted by Crippen LogP contribution is 2.20. The van der Waals surface area contributed by atoms with Gasteiger partial charge in [0.1, 0.15) is 5.82 Å². The predicted molar refractivity (Wildman–Crippen MR) is 59.5 cm³/mol. The van der Waals surface area contributed by atoms with Gasteiger partial charge in [-0.05, 0) is 30.7 Å². The second kappa shape index (κ2) is 6.70. The molecule has 0 aromatic heterocycles. The zero-order chi connectivity index (χ0) is 13.6. The Bertz CT molecular complexity index is 367. The first-order valence-electron chi connectivity index (χ1n) is 5.59. The van der Waals surface area contributed by atoms with Crippen molar-refractivity contribution in [2.75, 3.05) is 13.1 Å². The Balaban J connectivity index is 2.23. The molecule has 1 atom stereocenters. The van der Waals surface area contributed by atoms with Crippen LogP contribution in [-0.2, 0) is 0 Å². The molecule has 0 aliphatic rings. The second-order valence-corrected chi connectivity index (χ2v) is 3.99. The van der Waals surface area contributed by atoms with Gasteiger partial charge >= 0.3 is 6.18 Å². The third-order valence-corrected chi connectivity index (χ3v) is 2.38. The lowest BCUT2D eigenvalue weighted by Crippen LogP contribution is -2.23. The minimum absolute atomic E-state index is 0.0423. The van der Waals surface area contributed by atoms with Crippen molar-refractivity contribution in [3.63, 3.8) is 0 Å². The molecule has 0 aliphatic heterocycles. The average molecular weight is 265 g/mol. The summed E-state index contributed by atoms with van der Waals surface area (Å²) in [6.45, 7) is 0.257. The maximum atomic E-state index is 12.8. The molecule has 0 heterocycles. The Hall–Kier alpha value is -1.14. The van der Waals surface area contributed by atoms with E-state index in [0.29, 0.717) is 5.56 Å². The van der Waals surface area contributed by atoms with Crippen molar-refractivity contribution in [3.8, 4) is 0 Å². The van der Waals surface area contributed by atoms with Crippen LogP contribution in [0.5, 0.6) is 0 Å². The highest BCUT2D eigenvalue weighted by molar-refractivity contribution is 5.18. The zero-order valence-electron chi connectivity index (χ0n) is 9.67. The summed E-state index contributed by atoms with van der Waals surface area (Å²) in [6.07, 6.45) is -5.97. The molecule has 1 aromatic rings. The van der Waals surface area contributed by atoms with Gasteiger partial charge in [0.15, 0.2) is 0 Å². The summed E-state index contributed by atoms with van der Waals surface area (Å²) >= 11 is 0. The summed E-state index contributed by atoms with van der Waals surface area (Å²) in [5.41, 5.74) is 0.401. The maximum absolute atomic E-state index is 12.8. The fraction of sp³-hybridized carbons (Fsp3) is 0.500. The number of halogens is 4. The lowest BCUT2D eigenvalue weighted by molar-refractivity contribution is -0.135. The number of hydrogen-bond donors (Lipinski definition) is 2. The molecular formula is C12H15F4NO. The molecule has 6 heteroatoms. The van der Waals surface area contributed by atoms with E-state index in [9.17, 15) is 22.7 Å². The first kappa shape index (κ1) is 14.9. The summed E-state index contributed by atoms with van der Waals surface area (Å²) in [5.74, 6) is -0.455. The molecule has 0 radical (unpaired) electrons. The molecule has 102 valence electrons. The van der Waals surface area contributed by atoms with Crippen molar-refractivity contribution in [2.45, 2.75) is 25.1 Å². The van der Waals surface area contributed by atoms with Crippen LogP contribution >= 0.6 is 0 Å². The molecule has 1 unspecified atom stereocenters. The van der Waals surface area contributed by atoms with Crippen LogP contribution in [0.15, 0.2) is 24.3 Å². The van der Waals surface area contributed by atoms with Gasteiger partial charge in [-0.3, -0.25) is 0 Å². The van der Waals surface area contributed by atoms with E-state index >= 15 is 0 Å². The van der Waals surface area contributed by atoms with Gasteiger partial charge in [0.05, 0.1) is 6.10 Å². The molecule has 0 bridgehead atoms. The topological polar surface area (TPSA) is 32.3 Å². The van der Waals surface area contributed by atoms with Crippen LogP contribution in [-0.4, -0.2) is 24.4 Å². The van der Waals surface area contributed by atoms with Gasteiger partial charge in [-0.25, -0.2) is 4.39 Å². The molecule has 1 aromatic carbocycles. The van der Waals surface area contributed by atoms with Gasteiger partial charge in [0, 0.05) is 13.0 Å². The van der Waals surface area contributed by atoms with E-state index in [1.54, 1.807) is 6.07 Å². The van der Waals surface area contributed by atoms with Crippen LogP contribution in [0, 0.1) is 5.82 Å². The van der Waals surface area contributed by atoms with Crippen LogP contribution in [0.25, 0.3) is 0 Å². The zero-order valence-corrected chi connectivity index (χ0v) is 9.67. The quantitative estimate of drug-likeness (QED) is 0.612. The fourth-order valence-electron chi connectivity index (χ4n) is 1.48. The third-order valence-electron chi connectivity index (χ3n) is 2.38. The van der Waals surface area contributed by atoms with E-state index in [-0.39, 0.29) is 19.5 Å². The Morgan fingerprint density at radius 1 is 1.28 bits per heavy atom. The number of aliphatic hydroxyl groups is 1. The highest BCUT2D eigenvalue weighted by atomic mass is 19.4. The molecule has 0 spiro atoms. The molecule has 2 nitrogen and oxygen atoms in total. The van der Waals surface area contributed by atoms with Crippen LogP contribution in [0.3, 0.4) is 0 Å². The Labute approximate surface area is 103 Å². The summed E-state index contributed by atoms with van der Waals surface area (Å²) in [6, 6.07) is 5.48. The standard InChI is InChI=1S/C12H15F4NO/c13-10-4-1-3-9(7-10)11(18)8-17-6-2-5-12(14,15)16/h1,3-4,7,11,17-18H,2,5-6,8H2. The molecular weight excluding hydrogens is 250 g/mol. The van der Waals surface area contributed by atoms with E-state index in [2.05, 4.69) is 5.32 Å². The van der Waals surface area contributed by atoms with Crippen molar-refractivity contribution >= 4 is 0 Å². The first-order chi connectivity index (χ1) is 8.38. The van der Waals surface area contributed by atoms with E-state index in [0.717, 1.165) is 0 Å². The summed E-state index contributed by atoms with van der Waals surface area (Å²) in [4.78, 5) is 0. The number of aliphatic hydroxyl groups excluding tert-OH is 1. The van der Waals surface area contributed by atoms with Crippen molar-refractivity contribution in [3.05, 3.63) is 35.6 Å². The number of rotatable bonds is 6. The number of nitrogens with one attached hydrogen (secondary N) is 1. The van der Waals surface area contributed by atoms with Crippen LogP contribution in [0.2, 0.25) is 0 Å². The van der Waals surface area contributed by atoms with Gasteiger partial charge in [0.2, 0.25) is 0 Å². The van der Waals surface area contributed by atoms with Gasteiger partial charge in [-0.1, -0.05) is 12.1 Å². The monoisotopic (exact) mass is 265 g/mol. The summed E-state index contributed by atoms with van der Waals surface area (Å²) < 4.78 is 48.3. The van der Waals surface area contributed by atoms with Crippen molar-refractivity contribution in [2.24, 2.45) is 0 Å². The number of alkyl halides is 3. The first-order valence-corrected chi connectivity index (χ1v) is 5.59. The summed E-state index contributed by atoms with van der Waals surface area (Å²) in [7, 11) is 0. The third kappa shape index (κ3) is 5.97. The minimum atomic E-state index is -4.15. The molecule has 0 amide bonds. The van der Waals surface area contributed by atoms with Gasteiger partial charge in [-0.15, -0.1) is 0 Å². The van der Waals surface area contributed by atoms with Crippen molar-refractivity contribution in [1.82, 2.24) is 5.32 Å². The molecule has 2 N–H and O–H groups in total. The molecule has 0 saturated carbocycles. The van der Waals surface area contributed by atoms with E-state index in [4.69, 9.17) is 0 Å². The number of hydrogen-bond acceptors (Lipinski definition) is 2. The smallest absolute Gasteiger partial charge is 0.387 e. The molecule has 0 aliphatic carbocycles. The van der Waals surface area contributed by atoms with Crippen LogP contribution in [0.1, 0.15) is 24.5 Å². The minimum Gasteiger partial charge on any atom is -0.387 e. The van der Waals surface area contributed by atoms with Crippen molar-refractivity contribution < 1.29 is 22.7 Å². The molecule has 0 fully saturated rings. The SMILES string of the molecule is OC(CNCCCC(F)(F)F)c1cccc(F)c1. The highest BCUT2D eigenvalue weighted by Gasteiger charge is 2.25. The maximum Gasteiger partial charge on any atom is 0.389 e. The molecule has 1 rings (SSSR count). The Morgan fingerprint density at radius 3 is 2.61 bits per heavy atom. The number of benzene rings is 1. The normalized spacial score (nSPS) is 13.6. The Morgan fingerprint density at radius 2 is 2.00 bits per heavy atom. The van der Waals surface area contributed by atoms with Gasteiger partial charge < -0.3 is 10.4 Å². The van der Waals surface area contributed by atoms with E-state index in [1.165, 1.54) is 18.2 Å². The van der Waals surface area contributed by atoms with Crippen LogP contribution in [0.4, 0.5) is 17.6 Å². The predicted octanol–water partition coefficient (Wildman–Crippen LogP) is 2.79. The average Bonchev–Trinajstić information content (AvgIpc) is 2.26.